The lowest BCUT2D eigenvalue weighted by molar-refractivity contribution is -0.384. The molecule has 0 aromatic heterocycles. The van der Waals surface area contributed by atoms with Crippen LogP contribution in [-0.2, 0) is 14.8 Å². The van der Waals surface area contributed by atoms with E-state index in [1.54, 1.807) is 24.3 Å². The highest BCUT2D eigenvalue weighted by Gasteiger charge is 2.29. The van der Waals surface area contributed by atoms with Crippen molar-refractivity contribution in [3.05, 3.63) is 58.1 Å². The zero-order valence-corrected chi connectivity index (χ0v) is 16.7. The molecular weight excluding hydrogens is 386 g/mol. The zero-order chi connectivity index (χ0) is 21.1. The van der Waals surface area contributed by atoms with Crippen molar-refractivity contribution >= 4 is 33.0 Å². The maximum atomic E-state index is 12.7. The van der Waals surface area contributed by atoms with Crippen molar-refractivity contribution < 1.29 is 22.9 Å². The van der Waals surface area contributed by atoms with Gasteiger partial charge in [-0.05, 0) is 32.0 Å². The van der Waals surface area contributed by atoms with E-state index in [2.05, 4.69) is 5.32 Å². The maximum Gasteiger partial charge on any atom is 0.271 e. The Kier molecular flexibility index (Phi) is 6.24. The largest absolute Gasteiger partial charge is 0.495 e. The number of hydrogen-bond acceptors (Lipinski definition) is 6. The predicted molar refractivity (Wildman–Crippen MR) is 106 cm³/mol. The number of nitro benzene ring substituents is 1. The van der Waals surface area contributed by atoms with Crippen LogP contribution < -0.4 is 14.4 Å². The molecule has 0 aliphatic rings. The normalized spacial score (nSPS) is 12.1. The Morgan fingerprint density at radius 3 is 2.32 bits per heavy atom. The van der Waals surface area contributed by atoms with Crippen molar-refractivity contribution in [3.8, 4) is 5.75 Å². The van der Waals surface area contributed by atoms with Crippen LogP contribution in [0.15, 0.2) is 42.5 Å². The van der Waals surface area contributed by atoms with Gasteiger partial charge in [-0.1, -0.05) is 17.7 Å². The molecule has 0 spiro atoms. The Morgan fingerprint density at radius 2 is 1.82 bits per heavy atom. The predicted octanol–water partition coefficient (Wildman–Crippen LogP) is 2.71. The number of sulfonamides is 1. The molecule has 0 unspecified atom stereocenters. The number of nitrogens with zero attached hydrogens (tertiary/aromatic N) is 2. The molecule has 0 saturated carbocycles. The molecule has 1 atom stereocenters. The molecular formula is C18H21N3O6S. The third kappa shape index (κ3) is 4.77. The summed E-state index contributed by atoms with van der Waals surface area (Å²) in [5.74, 6) is -0.447. The highest BCUT2D eigenvalue weighted by molar-refractivity contribution is 7.92. The second-order valence-corrected chi connectivity index (χ2v) is 8.06. The molecule has 0 radical (unpaired) electrons. The summed E-state index contributed by atoms with van der Waals surface area (Å²) in [7, 11) is -2.42. The summed E-state index contributed by atoms with van der Waals surface area (Å²) in [4.78, 5) is 23.1. The number of amides is 1. The molecule has 0 bridgehead atoms. The Morgan fingerprint density at radius 1 is 1.21 bits per heavy atom. The van der Waals surface area contributed by atoms with Gasteiger partial charge in [0.15, 0.2) is 0 Å². The number of methoxy groups -OCH3 is 1. The van der Waals surface area contributed by atoms with E-state index in [1.807, 2.05) is 6.92 Å². The van der Waals surface area contributed by atoms with Gasteiger partial charge < -0.3 is 10.1 Å². The number of ether oxygens (including phenoxy) is 1. The average molecular weight is 407 g/mol. The van der Waals surface area contributed by atoms with Gasteiger partial charge in [-0.3, -0.25) is 19.2 Å². The van der Waals surface area contributed by atoms with Gasteiger partial charge in [-0.25, -0.2) is 8.42 Å². The Labute approximate surface area is 163 Å². The van der Waals surface area contributed by atoms with Gasteiger partial charge in [0.1, 0.15) is 11.8 Å². The van der Waals surface area contributed by atoms with E-state index >= 15 is 0 Å². The lowest BCUT2D eigenvalue weighted by atomic mass is 10.2. The fourth-order valence-electron chi connectivity index (χ4n) is 2.64. The van der Waals surface area contributed by atoms with E-state index in [-0.39, 0.29) is 17.1 Å². The quantitative estimate of drug-likeness (QED) is 0.557. The van der Waals surface area contributed by atoms with Crippen molar-refractivity contribution in [2.45, 2.75) is 19.9 Å². The third-order valence-corrected chi connectivity index (χ3v) is 5.27. The van der Waals surface area contributed by atoms with Crippen LogP contribution in [0.1, 0.15) is 12.5 Å². The summed E-state index contributed by atoms with van der Waals surface area (Å²) in [6.07, 6.45) is 1.00. The van der Waals surface area contributed by atoms with E-state index in [1.165, 1.54) is 26.2 Å². The molecule has 2 rings (SSSR count). The van der Waals surface area contributed by atoms with Crippen molar-refractivity contribution in [3.63, 3.8) is 0 Å². The second kappa shape index (κ2) is 8.26. The molecule has 28 heavy (non-hydrogen) atoms. The molecule has 0 aliphatic carbocycles. The topological polar surface area (TPSA) is 119 Å². The first-order valence-electron chi connectivity index (χ1n) is 8.24. The lowest BCUT2D eigenvalue weighted by Crippen LogP contribution is -2.45. The van der Waals surface area contributed by atoms with Crippen LogP contribution in [0.4, 0.5) is 17.1 Å². The second-order valence-electron chi connectivity index (χ2n) is 6.20. The highest BCUT2D eigenvalue weighted by atomic mass is 32.2. The Hall–Kier alpha value is -3.14. The molecule has 0 heterocycles. The first kappa shape index (κ1) is 21.2. The summed E-state index contributed by atoms with van der Waals surface area (Å²) in [6, 6.07) is 9.33. The van der Waals surface area contributed by atoms with E-state index in [9.17, 15) is 23.3 Å². The Bertz CT molecular complexity index is 989. The highest BCUT2D eigenvalue weighted by Crippen LogP contribution is 2.30. The number of hydrogen-bond donors (Lipinski definition) is 1. The van der Waals surface area contributed by atoms with E-state index in [4.69, 9.17) is 4.74 Å². The molecule has 0 fully saturated rings. The lowest BCUT2D eigenvalue weighted by Gasteiger charge is -2.28. The van der Waals surface area contributed by atoms with Crippen LogP contribution in [0.25, 0.3) is 0 Å². The molecule has 2 aromatic carbocycles. The third-order valence-electron chi connectivity index (χ3n) is 4.03. The number of carbonyl (C=O) groups excluding carboxylic acids is 1. The van der Waals surface area contributed by atoms with Gasteiger partial charge in [-0.2, -0.15) is 0 Å². The Balaban J connectivity index is 2.37. The summed E-state index contributed by atoms with van der Waals surface area (Å²) in [6.45, 7) is 3.29. The van der Waals surface area contributed by atoms with Gasteiger partial charge in [0.05, 0.1) is 29.7 Å². The molecule has 1 amide bonds. The van der Waals surface area contributed by atoms with Crippen LogP contribution in [0.2, 0.25) is 0 Å². The summed E-state index contributed by atoms with van der Waals surface area (Å²) >= 11 is 0. The molecule has 1 N–H and O–H groups in total. The van der Waals surface area contributed by atoms with Gasteiger partial charge in [-0.15, -0.1) is 0 Å². The SMILES string of the molecule is COc1ccc([N+](=O)[O-])cc1NC(=O)[C@@H](C)N(c1ccc(C)cc1)S(C)(=O)=O. The monoisotopic (exact) mass is 407 g/mol. The van der Waals surface area contributed by atoms with Crippen LogP contribution in [0.3, 0.4) is 0 Å². The van der Waals surface area contributed by atoms with Gasteiger partial charge in [0, 0.05) is 12.1 Å². The van der Waals surface area contributed by atoms with Crippen LogP contribution in [-0.4, -0.2) is 38.7 Å². The summed E-state index contributed by atoms with van der Waals surface area (Å²) in [5.41, 5.74) is 1.12. The van der Waals surface area contributed by atoms with Crippen LogP contribution in [0.5, 0.6) is 5.75 Å². The summed E-state index contributed by atoms with van der Waals surface area (Å²) in [5, 5.41) is 13.5. The molecule has 9 nitrogen and oxygen atoms in total. The summed E-state index contributed by atoms with van der Waals surface area (Å²) < 4.78 is 30.7. The maximum absolute atomic E-state index is 12.7. The van der Waals surface area contributed by atoms with E-state index in [0.29, 0.717) is 5.69 Å². The molecule has 150 valence electrons. The molecule has 0 aliphatic heterocycles. The number of nitrogens with one attached hydrogen (secondary N) is 1. The minimum Gasteiger partial charge on any atom is -0.495 e. The first-order valence-corrected chi connectivity index (χ1v) is 10.1. The minimum atomic E-state index is -3.77. The number of non-ortho nitro benzene ring substituents is 1. The number of benzene rings is 2. The fraction of sp³-hybridized carbons (Fsp3) is 0.278. The van der Waals surface area contributed by atoms with Gasteiger partial charge in [0.2, 0.25) is 15.9 Å². The van der Waals surface area contributed by atoms with Gasteiger partial charge >= 0.3 is 0 Å². The molecule has 2 aromatic rings. The van der Waals surface area contributed by atoms with Crippen molar-refractivity contribution in [1.82, 2.24) is 0 Å². The first-order chi connectivity index (χ1) is 13.0. The van der Waals surface area contributed by atoms with E-state index < -0.39 is 26.9 Å². The van der Waals surface area contributed by atoms with Crippen LogP contribution >= 0.6 is 0 Å². The standard InChI is InChI=1S/C18H21N3O6S/c1-12-5-7-14(8-6-12)20(28(4,25)26)13(2)18(22)19-16-11-15(21(23)24)9-10-17(16)27-3/h5-11,13H,1-4H3,(H,19,22)/t13-/m1/s1. The van der Waals surface area contributed by atoms with Crippen LogP contribution in [0, 0.1) is 17.0 Å². The number of nitro groups is 1. The minimum absolute atomic E-state index is 0.0749. The van der Waals surface area contributed by atoms with E-state index in [0.717, 1.165) is 22.2 Å². The number of rotatable bonds is 7. The smallest absolute Gasteiger partial charge is 0.271 e. The van der Waals surface area contributed by atoms with Crippen molar-refractivity contribution in [2.24, 2.45) is 0 Å². The number of aryl methyl sites for hydroxylation is 1. The number of anilines is 2. The molecule has 10 heteroatoms. The van der Waals surface area contributed by atoms with Gasteiger partial charge in [0.25, 0.3) is 5.69 Å². The van der Waals surface area contributed by atoms with Crippen molar-refractivity contribution in [2.75, 3.05) is 23.0 Å². The average Bonchev–Trinajstić information content (AvgIpc) is 2.62. The molecule has 0 saturated heterocycles. The zero-order valence-electron chi connectivity index (χ0n) is 15.9. The number of carbonyl (C=O) groups is 1. The fourth-order valence-corrected chi connectivity index (χ4v) is 3.82. The van der Waals surface area contributed by atoms with Crippen molar-refractivity contribution in [1.29, 1.82) is 0 Å².